The maximum atomic E-state index is 6.15. The summed E-state index contributed by atoms with van der Waals surface area (Å²) in [5.74, 6) is 2.40. The third kappa shape index (κ3) is 4.91. The molecule has 0 bridgehead atoms. The van der Waals surface area contributed by atoms with Gasteiger partial charge in [-0.25, -0.2) is 0 Å². The first-order valence-electron chi connectivity index (χ1n) is 10.6. The van der Waals surface area contributed by atoms with Crippen molar-refractivity contribution in [2.75, 3.05) is 59.7 Å². The van der Waals surface area contributed by atoms with E-state index in [0.717, 1.165) is 69.9 Å². The van der Waals surface area contributed by atoms with Gasteiger partial charge in [0.15, 0.2) is 0 Å². The Morgan fingerprint density at radius 3 is 2.70 bits per heavy atom. The Labute approximate surface area is 163 Å². The molecule has 0 N–H and O–H groups in total. The number of hydrogen-bond donors (Lipinski definition) is 0. The summed E-state index contributed by atoms with van der Waals surface area (Å²) < 4.78 is 16.7. The predicted octanol–water partition coefficient (Wildman–Crippen LogP) is 2.57. The lowest BCUT2D eigenvalue weighted by Crippen LogP contribution is -2.45. The van der Waals surface area contributed by atoms with Gasteiger partial charge in [0.1, 0.15) is 5.76 Å². The van der Waals surface area contributed by atoms with Crippen LogP contribution in [0.1, 0.15) is 37.1 Å². The number of rotatable bonds is 9. The molecular weight excluding hydrogens is 342 g/mol. The van der Waals surface area contributed by atoms with Gasteiger partial charge in [-0.3, -0.25) is 4.90 Å². The molecule has 1 spiro atoms. The summed E-state index contributed by atoms with van der Waals surface area (Å²) in [5.41, 5.74) is 1.47. The van der Waals surface area contributed by atoms with Gasteiger partial charge in [-0.05, 0) is 57.0 Å². The summed E-state index contributed by atoms with van der Waals surface area (Å²) in [4.78, 5) is 5.13. The van der Waals surface area contributed by atoms with Crippen molar-refractivity contribution in [2.24, 2.45) is 17.3 Å². The van der Waals surface area contributed by atoms with Gasteiger partial charge in [0.05, 0.1) is 18.9 Å². The Kier molecular flexibility index (Phi) is 6.17. The zero-order chi connectivity index (χ0) is 18.7. The second kappa shape index (κ2) is 8.60. The summed E-state index contributed by atoms with van der Waals surface area (Å²) in [6.45, 7) is 11.3. The molecule has 3 heterocycles. The lowest BCUT2D eigenvalue weighted by molar-refractivity contribution is 0.0162. The fourth-order valence-electron chi connectivity index (χ4n) is 4.87. The van der Waals surface area contributed by atoms with Gasteiger partial charge in [0, 0.05) is 51.9 Å². The van der Waals surface area contributed by atoms with E-state index in [9.17, 15) is 0 Å². The maximum absolute atomic E-state index is 6.15. The van der Waals surface area contributed by atoms with E-state index in [1.165, 1.54) is 32.2 Å². The van der Waals surface area contributed by atoms with Crippen LogP contribution in [0.3, 0.4) is 0 Å². The largest absolute Gasteiger partial charge is 0.383 e. The molecular formula is C21H35N3O3. The molecule has 1 saturated carbocycles. The molecule has 2 saturated heterocycles. The van der Waals surface area contributed by atoms with Crippen molar-refractivity contribution in [3.05, 3.63) is 17.5 Å². The highest BCUT2D eigenvalue weighted by molar-refractivity contribution is 5.05. The molecule has 3 aliphatic rings. The van der Waals surface area contributed by atoms with Crippen molar-refractivity contribution in [3.63, 3.8) is 0 Å². The molecule has 6 nitrogen and oxygen atoms in total. The highest BCUT2D eigenvalue weighted by atomic mass is 16.5. The Morgan fingerprint density at radius 1 is 1.22 bits per heavy atom. The summed E-state index contributed by atoms with van der Waals surface area (Å²) >= 11 is 0. The Balaban J connectivity index is 1.32. The third-order valence-electron chi connectivity index (χ3n) is 6.78. The zero-order valence-electron chi connectivity index (χ0n) is 17.0. The van der Waals surface area contributed by atoms with Crippen LogP contribution in [-0.4, -0.2) is 74.6 Å². The van der Waals surface area contributed by atoms with Crippen molar-refractivity contribution in [3.8, 4) is 0 Å². The van der Waals surface area contributed by atoms with E-state index in [2.05, 4.69) is 21.0 Å². The smallest absolute Gasteiger partial charge is 0.133 e. The number of aromatic nitrogens is 1. The Hall–Kier alpha value is -0.950. The number of hydrogen-bond acceptors (Lipinski definition) is 6. The molecule has 0 aromatic carbocycles. The lowest BCUT2D eigenvalue weighted by Gasteiger charge is -2.42. The van der Waals surface area contributed by atoms with Crippen LogP contribution in [-0.2, 0) is 16.0 Å². The van der Waals surface area contributed by atoms with Gasteiger partial charge in [0.2, 0.25) is 0 Å². The highest BCUT2D eigenvalue weighted by Gasteiger charge is 2.47. The van der Waals surface area contributed by atoms with Crippen molar-refractivity contribution in [2.45, 2.75) is 39.2 Å². The van der Waals surface area contributed by atoms with E-state index >= 15 is 0 Å². The number of methoxy groups -OCH3 is 1. The molecule has 4 rings (SSSR count). The van der Waals surface area contributed by atoms with Gasteiger partial charge in [0.25, 0.3) is 0 Å². The van der Waals surface area contributed by atoms with E-state index in [4.69, 9.17) is 14.0 Å². The van der Waals surface area contributed by atoms with E-state index in [0.29, 0.717) is 11.3 Å². The van der Waals surface area contributed by atoms with Crippen LogP contribution < -0.4 is 0 Å². The van der Waals surface area contributed by atoms with E-state index < -0.39 is 0 Å². The van der Waals surface area contributed by atoms with Crippen LogP contribution in [0.15, 0.2) is 10.6 Å². The molecule has 27 heavy (non-hydrogen) atoms. The van der Waals surface area contributed by atoms with Crippen LogP contribution in [0.25, 0.3) is 0 Å². The van der Waals surface area contributed by atoms with E-state index in [1.54, 1.807) is 7.11 Å². The summed E-state index contributed by atoms with van der Waals surface area (Å²) in [5, 5.41) is 4.16. The van der Waals surface area contributed by atoms with Crippen molar-refractivity contribution in [1.82, 2.24) is 15.0 Å². The van der Waals surface area contributed by atoms with Crippen LogP contribution >= 0.6 is 0 Å². The van der Waals surface area contributed by atoms with Gasteiger partial charge in [-0.1, -0.05) is 5.16 Å². The molecule has 0 radical (unpaired) electrons. The van der Waals surface area contributed by atoms with Gasteiger partial charge in [-0.2, -0.15) is 0 Å². The van der Waals surface area contributed by atoms with Crippen LogP contribution in [0.4, 0.5) is 0 Å². The SMILES string of the molecule is COCCN1C[C@H](COCC2CC2)C2(CCN(Cc3cc(C)on3)CC2)C1. The average Bonchev–Trinajstić information content (AvgIpc) is 3.31. The van der Waals surface area contributed by atoms with Crippen LogP contribution in [0, 0.1) is 24.2 Å². The maximum Gasteiger partial charge on any atom is 0.133 e. The lowest BCUT2D eigenvalue weighted by atomic mass is 9.71. The minimum atomic E-state index is 0.410. The van der Waals surface area contributed by atoms with Gasteiger partial charge in [-0.15, -0.1) is 0 Å². The zero-order valence-corrected chi connectivity index (χ0v) is 17.0. The molecule has 1 atom stereocenters. The van der Waals surface area contributed by atoms with Crippen molar-refractivity contribution < 1.29 is 14.0 Å². The average molecular weight is 378 g/mol. The van der Waals surface area contributed by atoms with Gasteiger partial charge >= 0.3 is 0 Å². The molecule has 0 unspecified atom stereocenters. The molecule has 152 valence electrons. The second-order valence-corrected chi connectivity index (χ2v) is 8.97. The monoisotopic (exact) mass is 377 g/mol. The standard InChI is InChI=1S/C21H35N3O3/c1-17-11-20(22-27-17)13-23-7-5-21(6-8-23)16-24(9-10-25-2)12-19(21)15-26-14-18-3-4-18/h11,18-19H,3-10,12-16H2,1-2H3/t19-/m1/s1. The Morgan fingerprint density at radius 2 is 2.04 bits per heavy atom. The molecule has 2 aliphatic heterocycles. The molecule has 3 fully saturated rings. The first kappa shape index (κ1) is 19.4. The number of ether oxygens (including phenoxy) is 2. The number of nitrogens with zero attached hydrogens (tertiary/aromatic N) is 3. The molecule has 1 aromatic rings. The Bertz CT molecular complexity index is 593. The van der Waals surface area contributed by atoms with Crippen molar-refractivity contribution in [1.29, 1.82) is 0 Å². The number of likely N-dealkylation sites (tertiary alicyclic amines) is 2. The van der Waals surface area contributed by atoms with E-state index in [-0.39, 0.29) is 0 Å². The minimum Gasteiger partial charge on any atom is -0.383 e. The van der Waals surface area contributed by atoms with Crippen LogP contribution in [0.2, 0.25) is 0 Å². The second-order valence-electron chi connectivity index (χ2n) is 8.97. The first-order chi connectivity index (χ1) is 13.2. The minimum absolute atomic E-state index is 0.410. The topological polar surface area (TPSA) is 51.0 Å². The summed E-state index contributed by atoms with van der Waals surface area (Å²) in [6, 6.07) is 2.06. The van der Waals surface area contributed by atoms with Crippen LogP contribution in [0.5, 0.6) is 0 Å². The predicted molar refractivity (Wildman–Crippen MR) is 104 cm³/mol. The summed E-state index contributed by atoms with van der Waals surface area (Å²) in [6.07, 6.45) is 5.24. The summed E-state index contributed by atoms with van der Waals surface area (Å²) in [7, 11) is 1.80. The molecule has 1 aliphatic carbocycles. The van der Waals surface area contributed by atoms with Crippen molar-refractivity contribution >= 4 is 0 Å². The van der Waals surface area contributed by atoms with Gasteiger partial charge < -0.3 is 18.9 Å². The van der Waals surface area contributed by atoms with E-state index in [1.807, 2.05) is 6.92 Å². The highest BCUT2D eigenvalue weighted by Crippen LogP contribution is 2.45. The molecule has 1 aromatic heterocycles. The first-order valence-corrected chi connectivity index (χ1v) is 10.6. The quantitative estimate of drug-likeness (QED) is 0.659. The molecule has 0 amide bonds. The number of aryl methyl sites for hydroxylation is 1. The molecule has 6 heteroatoms. The number of piperidine rings is 1. The fraction of sp³-hybridized carbons (Fsp3) is 0.857. The normalized spacial score (nSPS) is 26.2. The fourth-order valence-corrected chi connectivity index (χ4v) is 4.87. The third-order valence-corrected chi connectivity index (χ3v) is 6.78.